The Hall–Kier alpha value is -5.19. The summed E-state index contributed by atoms with van der Waals surface area (Å²) in [5.41, 5.74) is 1.79. The Labute approximate surface area is 356 Å². The van der Waals surface area contributed by atoms with Gasteiger partial charge in [-0.05, 0) is 72.0 Å². The van der Waals surface area contributed by atoms with Crippen LogP contribution >= 0.6 is 7.60 Å². The number of β-lactam (4-membered cyclic amide) rings is 1. The van der Waals surface area contributed by atoms with Crippen molar-refractivity contribution < 1.29 is 92.9 Å². The molecule has 336 valence electrons. The molecule has 3 heterocycles. The fourth-order valence-corrected chi connectivity index (χ4v) is 8.43. The maximum atomic E-state index is 14.3. The first-order valence-corrected chi connectivity index (χ1v) is 21.1. The number of hydrogen-bond donors (Lipinski definition) is 10. The summed E-state index contributed by atoms with van der Waals surface area (Å²) in [6.07, 6.45) is -21.1. The number of para-hydroxylation sites is 1. The molecule has 4 unspecified atom stereocenters. The van der Waals surface area contributed by atoms with Crippen molar-refractivity contribution in [2.24, 2.45) is 5.92 Å². The summed E-state index contributed by atoms with van der Waals surface area (Å²) in [4.78, 5) is 58.9. The number of aliphatic hydroxyl groups excluding tert-OH is 6. The fourth-order valence-electron chi connectivity index (χ4n) is 7.89. The minimum atomic E-state index is -4.61. The predicted octanol–water partition coefficient (Wildman–Crippen LogP) is 0.701. The van der Waals surface area contributed by atoms with E-state index in [0.717, 1.165) is 12.1 Å². The molecule has 1 amide bonds. The summed E-state index contributed by atoms with van der Waals surface area (Å²) in [5.74, 6) is -5.40. The number of carbonyl (C=O) groups is 3. The average molecular weight is 900 g/mol. The molecule has 63 heavy (non-hydrogen) atoms. The van der Waals surface area contributed by atoms with Gasteiger partial charge in [-0.15, -0.1) is 0 Å². The first-order chi connectivity index (χ1) is 29.8. The molecular weight excluding hydrogens is 856 g/mol. The Bertz CT molecular complexity index is 2330. The Balaban J connectivity index is 1.27. The van der Waals surface area contributed by atoms with E-state index >= 15 is 0 Å². The van der Waals surface area contributed by atoms with Crippen LogP contribution in [0.15, 0.2) is 97.1 Å². The maximum Gasteiger partial charge on any atom is 0.356 e. The lowest BCUT2D eigenvalue weighted by atomic mass is 9.77. The van der Waals surface area contributed by atoms with E-state index in [1.54, 1.807) is 42.5 Å². The van der Waals surface area contributed by atoms with Crippen molar-refractivity contribution >= 4 is 36.4 Å². The molecule has 13 atom stereocenters. The highest BCUT2D eigenvalue weighted by molar-refractivity contribution is 7.60. The molecule has 0 aliphatic carbocycles. The summed E-state index contributed by atoms with van der Waals surface area (Å²) in [5, 5.41) is 82.5. The van der Waals surface area contributed by atoms with Gasteiger partial charge in [0.2, 0.25) is 12.2 Å². The summed E-state index contributed by atoms with van der Waals surface area (Å²) in [6.45, 7) is 0. The minimum absolute atomic E-state index is 0.0369. The van der Waals surface area contributed by atoms with Crippen molar-refractivity contribution in [1.82, 2.24) is 0 Å². The zero-order chi connectivity index (χ0) is 45.5. The summed E-state index contributed by atoms with van der Waals surface area (Å²) in [7, 11) is -4.61. The van der Waals surface area contributed by atoms with Gasteiger partial charge in [-0.2, -0.15) is 0 Å². The number of aliphatic carboxylic acids is 2. The lowest BCUT2D eigenvalue weighted by molar-refractivity contribution is -0.306. The molecule has 10 N–H and O–H groups in total. The normalized spacial score (nSPS) is 30.3. The van der Waals surface area contributed by atoms with Crippen LogP contribution in [-0.2, 0) is 33.2 Å². The Morgan fingerprint density at radius 3 is 1.84 bits per heavy atom. The van der Waals surface area contributed by atoms with Gasteiger partial charge < -0.3 is 74.5 Å². The number of carbonyl (C=O) groups excluding carboxylic acids is 1. The third kappa shape index (κ3) is 9.39. The van der Waals surface area contributed by atoms with Gasteiger partial charge in [-0.1, -0.05) is 54.6 Å². The Morgan fingerprint density at radius 2 is 1.27 bits per heavy atom. The molecule has 3 aliphatic heterocycles. The lowest BCUT2D eigenvalue weighted by Gasteiger charge is -2.48. The van der Waals surface area contributed by atoms with Crippen molar-refractivity contribution in [3.05, 3.63) is 114 Å². The van der Waals surface area contributed by atoms with Crippen molar-refractivity contribution in [3.8, 4) is 16.9 Å². The summed E-state index contributed by atoms with van der Waals surface area (Å²) in [6, 6.07) is 22.3. The van der Waals surface area contributed by atoms with Crippen LogP contribution in [0.3, 0.4) is 0 Å². The van der Waals surface area contributed by atoms with E-state index < -0.39 is 111 Å². The number of nitrogens with zero attached hydrogens (tertiary/aromatic N) is 1. The van der Waals surface area contributed by atoms with Gasteiger partial charge in [-0.3, -0.25) is 9.36 Å². The zero-order valence-corrected chi connectivity index (χ0v) is 33.6. The molecule has 0 bridgehead atoms. The SMILES string of the molecule is O=C(O)C1O[C@@H](Oc2cc(-c3ccc(P(=O)(O)O)cc3)ccc2[C@@H]2[C@@H](CC[C@H](O[C@@H]3OC(C(=O)O)[C@H](O)[C@H](O)C3O)c3ccc(F)cc3)C(=O)N2c2ccccc2)C(O)[C@@H](O)[C@H]1O. The van der Waals surface area contributed by atoms with E-state index in [9.17, 15) is 74.0 Å². The lowest BCUT2D eigenvalue weighted by Crippen LogP contribution is -2.61. The topological polar surface area (TPSA) is 311 Å². The van der Waals surface area contributed by atoms with Crippen LogP contribution in [0.2, 0.25) is 0 Å². The number of ether oxygens (including phenoxy) is 4. The highest BCUT2D eigenvalue weighted by Crippen LogP contribution is 2.50. The van der Waals surface area contributed by atoms with Crippen LogP contribution in [0.1, 0.15) is 36.1 Å². The quantitative estimate of drug-likeness (QED) is 0.0615. The highest BCUT2D eigenvalue weighted by atomic mass is 31.2. The number of benzene rings is 4. The van der Waals surface area contributed by atoms with E-state index in [2.05, 4.69) is 0 Å². The number of hydrogen-bond acceptors (Lipinski definition) is 14. The molecule has 3 saturated heterocycles. The number of carboxylic acids is 2. The number of carboxylic acid groups (broad SMARTS) is 2. The predicted molar refractivity (Wildman–Crippen MR) is 212 cm³/mol. The van der Waals surface area contributed by atoms with E-state index in [0.29, 0.717) is 22.4 Å². The number of anilines is 1. The maximum absolute atomic E-state index is 14.3. The van der Waals surface area contributed by atoms with Crippen LogP contribution in [0.5, 0.6) is 5.75 Å². The van der Waals surface area contributed by atoms with Crippen LogP contribution in [0.25, 0.3) is 11.1 Å². The van der Waals surface area contributed by atoms with E-state index in [1.165, 1.54) is 47.4 Å². The van der Waals surface area contributed by atoms with Gasteiger partial charge in [-0.25, -0.2) is 14.0 Å². The van der Waals surface area contributed by atoms with Crippen LogP contribution in [0, 0.1) is 11.7 Å². The molecule has 4 aromatic carbocycles. The molecule has 3 aliphatic rings. The van der Waals surface area contributed by atoms with Crippen molar-refractivity contribution in [2.45, 2.75) is 86.4 Å². The number of halogens is 1. The van der Waals surface area contributed by atoms with Crippen LogP contribution < -0.4 is 14.9 Å². The molecule has 0 aromatic heterocycles. The van der Waals surface area contributed by atoms with Crippen LogP contribution in [0.4, 0.5) is 10.1 Å². The first kappa shape index (κ1) is 45.8. The number of rotatable bonds is 14. The molecule has 7 rings (SSSR count). The van der Waals surface area contributed by atoms with Gasteiger partial charge in [0.25, 0.3) is 0 Å². The van der Waals surface area contributed by atoms with Gasteiger partial charge in [0.05, 0.1) is 23.4 Å². The molecule has 3 fully saturated rings. The standard InChI is InChI=1S/C42H43FNO18P/c43-22-11-6-20(7-12-22)27(59-41-34(49)30(45)32(47)36(61-41)39(52)53)17-16-26-29(44(38(26)51)23-4-2-1-3-5-23)25-15-10-21(19-8-13-24(14-9-19)63(56,57)58)18-28(25)60-42-35(50)31(46)33(48)37(62-42)40(54)55/h1-15,18,26-27,29-37,41-42,45-50H,16-17H2,(H,52,53)(H,54,55)(H2,56,57,58)/t26-,27+,29-,30+,31+,32-,33-,34?,35?,36?,37?,41-,42-/m1/s1. The first-order valence-electron chi connectivity index (χ1n) is 19.5. The minimum Gasteiger partial charge on any atom is -0.479 e. The molecule has 0 spiro atoms. The van der Waals surface area contributed by atoms with Gasteiger partial charge >= 0.3 is 19.5 Å². The third-order valence-electron chi connectivity index (χ3n) is 11.3. The van der Waals surface area contributed by atoms with Gasteiger partial charge in [0.1, 0.15) is 48.2 Å². The zero-order valence-electron chi connectivity index (χ0n) is 32.7. The van der Waals surface area contributed by atoms with E-state index in [4.69, 9.17) is 18.9 Å². The van der Waals surface area contributed by atoms with Crippen molar-refractivity contribution in [3.63, 3.8) is 0 Å². The molecule has 0 saturated carbocycles. The Morgan fingerprint density at radius 1 is 0.714 bits per heavy atom. The number of aliphatic hydroxyl groups is 6. The number of amides is 1. The second kappa shape index (κ2) is 18.5. The smallest absolute Gasteiger partial charge is 0.356 e. The van der Waals surface area contributed by atoms with Gasteiger partial charge in [0.15, 0.2) is 18.5 Å². The molecule has 19 nitrogen and oxygen atoms in total. The largest absolute Gasteiger partial charge is 0.479 e. The molecule has 0 radical (unpaired) electrons. The monoisotopic (exact) mass is 899 g/mol. The third-order valence-corrected chi connectivity index (χ3v) is 12.2. The molecular formula is C42H43FNO18P. The molecule has 4 aromatic rings. The van der Waals surface area contributed by atoms with Crippen molar-refractivity contribution in [2.75, 3.05) is 4.90 Å². The second-order valence-corrected chi connectivity index (χ2v) is 16.9. The second-order valence-electron chi connectivity index (χ2n) is 15.3. The average Bonchev–Trinajstić information content (AvgIpc) is 3.25. The molecule has 21 heteroatoms. The summed E-state index contributed by atoms with van der Waals surface area (Å²) >= 11 is 0. The van der Waals surface area contributed by atoms with E-state index in [-0.39, 0.29) is 29.5 Å². The van der Waals surface area contributed by atoms with Crippen molar-refractivity contribution in [1.29, 1.82) is 0 Å². The van der Waals surface area contributed by atoms with Crippen LogP contribution in [-0.4, -0.2) is 130 Å². The fraction of sp³-hybridized carbons (Fsp3) is 0.357. The van der Waals surface area contributed by atoms with Gasteiger partial charge in [0, 0.05) is 11.3 Å². The Kier molecular flexibility index (Phi) is 13.5. The highest BCUT2D eigenvalue weighted by Gasteiger charge is 2.53. The summed E-state index contributed by atoms with van der Waals surface area (Å²) < 4.78 is 49.0. The van der Waals surface area contributed by atoms with E-state index in [1.807, 2.05) is 0 Å².